The lowest BCUT2D eigenvalue weighted by Crippen LogP contribution is -2.01. The summed E-state index contributed by atoms with van der Waals surface area (Å²) in [6.45, 7) is 0.561. The molecule has 5 nitrogen and oxygen atoms in total. The first-order valence-electron chi connectivity index (χ1n) is 7.18. The summed E-state index contributed by atoms with van der Waals surface area (Å²) in [5.41, 5.74) is 0.933. The number of tetrazole rings is 1. The minimum atomic E-state index is -0.263. The maximum atomic E-state index is 12.8. The van der Waals surface area contributed by atoms with Gasteiger partial charge in [0.1, 0.15) is 11.6 Å². The number of ether oxygens (including phenoxy) is 1. The number of hydrogen-bond acceptors (Lipinski definition) is 5. The topological polar surface area (TPSA) is 52.8 Å². The van der Waals surface area contributed by atoms with Crippen molar-refractivity contribution in [2.45, 2.75) is 11.6 Å². The number of thioether (sulfide) groups is 1. The van der Waals surface area contributed by atoms with Crippen molar-refractivity contribution in [3.05, 3.63) is 60.4 Å². The molecule has 7 heteroatoms. The summed E-state index contributed by atoms with van der Waals surface area (Å²) >= 11 is 1.57. The second-order valence-electron chi connectivity index (χ2n) is 4.71. The van der Waals surface area contributed by atoms with Crippen LogP contribution in [0.2, 0.25) is 0 Å². The number of hydrogen-bond donors (Lipinski definition) is 0. The van der Waals surface area contributed by atoms with Gasteiger partial charge < -0.3 is 4.74 Å². The zero-order chi connectivity index (χ0) is 15.9. The normalized spacial score (nSPS) is 10.7. The molecule has 0 amide bonds. The zero-order valence-electron chi connectivity index (χ0n) is 12.3. The summed E-state index contributed by atoms with van der Waals surface area (Å²) in [7, 11) is 0. The van der Waals surface area contributed by atoms with Crippen LogP contribution < -0.4 is 4.74 Å². The summed E-state index contributed by atoms with van der Waals surface area (Å²) in [6, 6.07) is 15.8. The fourth-order valence-electron chi connectivity index (χ4n) is 1.94. The molecule has 0 saturated heterocycles. The molecule has 1 aromatic heterocycles. The van der Waals surface area contributed by atoms with Gasteiger partial charge in [-0.2, -0.15) is 4.68 Å². The fraction of sp³-hybridized carbons (Fsp3) is 0.188. The van der Waals surface area contributed by atoms with Gasteiger partial charge in [0.15, 0.2) is 0 Å². The van der Waals surface area contributed by atoms with Gasteiger partial charge in [0.2, 0.25) is 5.16 Å². The Morgan fingerprint density at radius 3 is 2.61 bits per heavy atom. The smallest absolute Gasteiger partial charge is 0.214 e. The third-order valence-electron chi connectivity index (χ3n) is 3.04. The Morgan fingerprint density at radius 1 is 1.04 bits per heavy atom. The molecule has 0 radical (unpaired) electrons. The molecular formula is C16H15FN4OS. The first-order chi connectivity index (χ1) is 11.3. The number of nitrogens with zero attached hydrogens (tertiary/aromatic N) is 4. The van der Waals surface area contributed by atoms with E-state index in [0.29, 0.717) is 12.4 Å². The van der Waals surface area contributed by atoms with Crippen molar-refractivity contribution >= 4 is 11.8 Å². The summed E-state index contributed by atoms with van der Waals surface area (Å²) in [4.78, 5) is 0. The maximum absolute atomic E-state index is 12.8. The lowest BCUT2D eigenvalue weighted by Gasteiger charge is -2.06. The van der Waals surface area contributed by atoms with Gasteiger partial charge in [0, 0.05) is 5.75 Å². The molecule has 0 fully saturated rings. The van der Waals surface area contributed by atoms with Crippen molar-refractivity contribution in [3.8, 4) is 11.4 Å². The number of halogens is 1. The van der Waals surface area contributed by atoms with Gasteiger partial charge in [-0.1, -0.05) is 30.0 Å². The second kappa shape index (κ2) is 7.73. The van der Waals surface area contributed by atoms with Crippen LogP contribution in [0.15, 0.2) is 59.8 Å². The van der Waals surface area contributed by atoms with Crippen LogP contribution in [-0.4, -0.2) is 32.6 Å². The fourth-order valence-corrected chi connectivity index (χ4v) is 2.75. The van der Waals surface area contributed by atoms with Crippen LogP contribution in [-0.2, 0) is 0 Å². The maximum Gasteiger partial charge on any atom is 0.214 e. The molecule has 0 aliphatic carbocycles. The van der Waals surface area contributed by atoms with Crippen molar-refractivity contribution in [1.29, 1.82) is 0 Å². The highest BCUT2D eigenvalue weighted by atomic mass is 32.2. The molecule has 0 spiro atoms. The lowest BCUT2D eigenvalue weighted by atomic mass is 10.3. The van der Waals surface area contributed by atoms with Gasteiger partial charge >= 0.3 is 0 Å². The quantitative estimate of drug-likeness (QED) is 0.491. The van der Waals surface area contributed by atoms with Gasteiger partial charge in [0.25, 0.3) is 0 Å². The molecule has 2 aromatic carbocycles. The first kappa shape index (κ1) is 15.5. The summed E-state index contributed by atoms with van der Waals surface area (Å²) in [5, 5.41) is 12.5. The molecule has 23 heavy (non-hydrogen) atoms. The second-order valence-corrected chi connectivity index (χ2v) is 5.78. The van der Waals surface area contributed by atoms with Gasteiger partial charge in [-0.05, 0) is 53.2 Å². The van der Waals surface area contributed by atoms with E-state index in [-0.39, 0.29) is 5.82 Å². The molecule has 3 rings (SSSR count). The van der Waals surface area contributed by atoms with Gasteiger partial charge in [-0.25, -0.2) is 4.39 Å². The third kappa shape index (κ3) is 4.29. The van der Waals surface area contributed by atoms with Crippen molar-refractivity contribution < 1.29 is 9.13 Å². The Balaban J connectivity index is 1.46. The molecular weight excluding hydrogens is 315 g/mol. The van der Waals surface area contributed by atoms with Gasteiger partial charge in [-0.15, -0.1) is 5.10 Å². The highest BCUT2D eigenvalue weighted by Crippen LogP contribution is 2.19. The molecule has 0 aliphatic heterocycles. The summed E-state index contributed by atoms with van der Waals surface area (Å²) in [5.74, 6) is 1.24. The van der Waals surface area contributed by atoms with Crippen LogP contribution in [0, 0.1) is 5.82 Å². The molecule has 0 unspecified atom stereocenters. The molecule has 0 bridgehead atoms. The third-order valence-corrected chi connectivity index (χ3v) is 4.05. The minimum Gasteiger partial charge on any atom is -0.494 e. The number of aromatic nitrogens is 4. The van der Waals surface area contributed by atoms with E-state index >= 15 is 0 Å². The highest BCUT2D eigenvalue weighted by Gasteiger charge is 2.08. The number of para-hydroxylation sites is 1. The van der Waals surface area contributed by atoms with E-state index in [1.165, 1.54) is 12.1 Å². The molecule has 118 valence electrons. The Labute approximate surface area is 137 Å². The van der Waals surface area contributed by atoms with Crippen LogP contribution in [0.4, 0.5) is 4.39 Å². The van der Waals surface area contributed by atoms with Crippen molar-refractivity contribution in [1.82, 2.24) is 20.2 Å². The van der Waals surface area contributed by atoms with Crippen LogP contribution in [0.1, 0.15) is 6.42 Å². The van der Waals surface area contributed by atoms with E-state index in [1.54, 1.807) is 28.6 Å². The Morgan fingerprint density at radius 2 is 1.83 bits per heavy atom. The van der Waals surface area contributed by atoms with Crippen LogP contribution in [0.5, 0.6) is 5.75 Å². The molecule has 3 aromatic rings. The van der Waals surface area contributed by atoms with Crippen molar-refractivity contribution in [3.63, 3.8) is 0 Å². The molecule has 0 aliphatic rings. The van der Waals surface area contributed by atoms with E-state index in [4.69, 9.17) is 4.74 Å². The summed E-state index contributed by atoms with van der Waals surface area (Å²) in [6.07, 6.45) is 0.837. The molecule has 0 saturated carbocycles. The van der Waals surface area contributed by atoms with Gasteiger partial charge in [-0.3, -0.25) is 0 Å². The molecule has 1 heterocycles. The first-order valence-corrected chi connectivity index (χ1v) is 8.16. The Bertz CT molecular complexity index is 733. The standard InChI is InChI=1S/C16H15FN4OS/c17-13-7-9-15(10-8-13)22-11-4-12-23-16-18-19-20-21(16)14-5-2-1-3-6-14/h1-3,5-10H,4,11-12H2. The van der Waals surface area contributed by atoms with Crippen LogP contribution >= 0.6 is 11.8 Å². The number of rotatable bonds is 7. The van der Waals surface area contributed by atoms with E-state index in [2.05, 4.69) is 15.5 Å². The molecule has 0 N–H and O–H groups in total. The Kier molecular flexibility index (Phi) is 5.21. The van der Waals surface area contributed by atoms with Crippen LogP contribution in [0.25, 0.3) is 5.69 Å². The SMILES string of the molecule is Fc1ccc(OCCCSc2nnnn2-c2ccccc2)cc1. The largest absolute Gasteiger partial charge is 0.494 e. The lowest BCUT2D eigenvalue weighted by molar-refractivity contribution is 0.318. The van der Waals surface area contributed by atoms with E-state index in [1.807, 2.05) is 30.3 Å². The monoisotopic (exact) mass is 330 g/mol. The van der Waals surface area contributed by atoms with Gasteiger partial charge in [0.05, 0.1) is 12.3 Å². The van der Waals surface area contributed by atoms with Crippen LogP contribution in [0.3, 0.4) is 0 Å². The van der Waals surface area contributed by atoms with E-state index in [0.717, 1.165) is 23.0 Å². The predicted molar refractivity (Wildman–Crippen MR) is 86.4 cm³/mol. The average Bonchev–Trinajstić information content (AvgIpc) is 3.05. The molecule has 0 atom stereocenters. The predicted octanol–water partition coefficient (Wildman–Crippen LogP) is 3.36. The van der Waals surface area contributed by atoms with Crippen molar-refractivity contribution in [2.75, 3.05) is 12.4 Å². The zero-order valence-corrected chi connectivity index (χ0v) is 13.1. The average molecular weight is 330 g/mol. The van der Waals surface area contributed by atoms with E-state index < -0.39 is 0 Å². The summed E-state index contributed by atoms with van der Waals surface area (Å²) < 4.78 is 20.1. The highest BCUT2D eigenvalue weighted by molar-refractivity contribution is 7.99. The van der Waals surface area contributed by atoms with Crippen molar-refractivity contribution in [2.24, 2.45) is 0 Å². The number of benzene rings is 2. The Hall–Kier alpha value is -2.41. The van der Waals surface area contributed by atoms with E-state index in [9.17, 15) is 4.39 Å². The minimum absolute atomic E-state index is 0.263.